The Bertz CT molecular complexity index is 424. The minimum absolute atomic E-state index is 0.00571. The number of carbonyl (C=O) groups excluding carboxylic acids is 1. The lowest BCUT2D eigenvalue weighted by Crippen LogP contribution is -2.53. The molecule has 5 nitrogen and oxygen atoms in total. The first-order valence-corrected chi connectivity index (χ1v) is 5.89. The predicted octanol–water partition coefficient (Wildman–Crippen LogP) is 0.493. The summed E-state index contributed by atoms with van der Waals surface area (Å²) in [5, 5.41) is 9.12. The van der Waals surface area contributed by atoms with Gasteiger partial charge in [-0.15, -0.1) is 11.8 Å². The Hall–Kier alpha value is -1.43. The number of carboxylic acids is 1. The number of nitrogens with two attached hydrogens (primary N) is 1. The summed E-state index contributed by atoms with van der Waals surface area (Å²) in [6.07, 6.45) is 2.05. The van der Waals surface area contributed by atoms with Crippen molar-refractivity contribution in [3.63, 3.8) is 0 Å². The van der Waals surface area contributed by atoms with Gasteiger partial charge in [-0.3, -0.25) is 9.69 Å². The van der Waals surface area contributed by atoms with Crippen LogP contribution < -0.4 is 5.73 Å². The lowest BCUT2D eigenvalue weighted by atomic mass is 10.1. The van der Waals surface area contributed by atoms with Gasteiger partial charge in [-0.05, 0) is 18.6 Å². The lowest BCUT2D eigenvalue weighted by molar-refractivity contribution is -0.146. The summed E-state index contributed by atoms with van der Waals surface area (Å²) in [7, 11) is 0. The minimum atomic E-state index is -1.06. The van der Waals surface area contributed by atoms with Crippen LogP contribution in [-0.4, -0.2) is 33.0 Å². The first-order chi connectivity index (χ1) is 7.50. The van der Waals surface area contributed by atoms with E-state index in [4.69, 9.17) is 10.8 Å². The summed E-state index contributed by atoms with van der Waals surface area (Å²) < 4.78 is 0. The Balaban J connectivity index is 2.43. The van der Waals surface area contributed by atoms with Crippen LogP contribution in [0.4, 0.5) is 0 Å². The number of rotatable bonds is 2. The number of aliphatic carboxylic acids is 1. The Morgan fingerprint density at radius 3 is 2.88 bits per heavy atom. The average molecular weight is 240 g/mol. The number of thioether (sulfide) groups is 1. The lowest BCUT2D eigenvalue weighted by Gasteiger charge is -2.43. The first-order valence-electron chi connectivity index (χ1n) is 4.84. The number of carbonyl (C=O) groups is 2. The zero-order valence-electron chi connectivity index (χ0n) is 8.77. The maximum absolute atomic E-state index is 11.4. The van der Waals surface area contributed by atoms with Crippen LogP contribution in [0.5, 0.6) is 0 Å². The van der Waals surface area contributed by atoms with Crippen molar-refractivity contribution in [2.24, 2.45) is 5.73 Å². The number of allylic oxidation sites excluding steroid dienone is 2. The van der Waals surface area contributed by atoms with E-state index in [2.05, 4.69) is 0 Å². The Morgan fingerprint density at radius 1 is 1.69 bits per heavy atom. The summed E-state index contributed by atoms with van der Waals surface area (Å²) in [6, 6.07) is 0. The van der Waals surface area contributed by atoms with Crippen LogP contribution in [0.2, 0.25) is 0 Å². The zero-order valence-corrected chi connectivity index (χ0v) is 9.58. The summed E-state index contributed by atoms with van der Waals surface area (Å²) >= 11 is 1.57. The molecule has 1 unspecified atom stereocenters. The van der Waals surface area contributed by atoms with E-state index in [0.717, 1.165) is 0 Å². The molecule has 2 rings (SSSR count). The molecule has 2 aliphatic rings. The van der Waals surface area contributed by atoms with E-state index in [1.165, 1.54) is 4.90 Å². The molecular weight excluding hydrogens is 228 g/mol. The molecule has 0 aromatic carbocycles. The van der Waals surface area contributed by atoms with Gasteiger partial charge >= 0.3 is 5.97 Å². The molecule has 16 heavy (non-hydrogen) atoms. The third kappa shape index (κ3) is 1.69. The van der Waals surface area contributed by atoms with Crippen LogP contribution in [0, 0.1) is 0 Å². The van der Waals surface area contributed by atoms with Gasteiger partial charge in [-0.1, -0.05) is 0 Å². The number of hydrogen-bond donors (Lipinski definition) is 2. The van der Waals surface area contributed by atoms with Crippen molar-refractivity contribution in [1.29, 1.82) is 0 Å². The van der Waals surface area contributed by atoms with Gasteiger partial charge in [0.05, 0.1) is 11.8 Å². The summed E-state index contributed by atoms with van der Waals surface area (Å²) in [5.74, 6) is -0.606. The smallest absolute Gasteiger partial charge is 0.352 e. The first kappa shape index (κ1) is 11.1. The van der Waals surface area contributed by atoms with Crippen LogP contribution >= 0.6 is 11.8 Å². The van der Waals surface area contributed by atoms with Crippen molar-refractivity contribution in [2.75, 3.05) is 5.75 Å². The van der Waals surface area contributed by atoms with Gasteiger partial charge in [0, 0.05) is 11.4 Å². The molecule has 86 valence electrons. The molecule has 0 aromatic rings. The molecular formula is C10H12N2O3S. The standard InChI is InChI=1S/C10H12N2O3S/c1-5(11)2-6-4-16-8-3-7(13)12(8)9(6)10(14)15/h2,8H,3-4,11H2,1H3,(H,14,15)/b5-2-. The third-order valence-electron chi connectivity index (χ3n) is 2.49. The van der Waals surface area contributed by atoms with Crippen molar-refractivity contribution in [2.45, 2.75) is 18.7 Å². The minimum Gasteiger partial charge on any atom is -0.477 e. The summed E-state index contributed by atoms with van der Waals surface area (Å²) in [6.45, 7) is 1.70. The van der Waals surface area contributed by atoms with Gasteiger partial charge in [0.1, 0.15) is 5.70 Å². The fourth-order valence-corrected chi connectivity index (χ4v) is 3.05. The maximum Gasteiger partial charge on any atom is 0.352 e. The molecule has 0 bridgehead atoms. The number of fused-ring (bicyclic) bond motifs is 1. The molecule has 2 aliphatic heterocycles. The molecule has 0 aliphatic carbocycles. The van der Waals surface area contributed by atoms with Crippen LogP contribution in [0.25, 0.3) is 0 Å². The highest BCUT2D eigenvalue weighted by Crippen LogP contribution is 2.40. The highest BCUT2D eigenvalue weighted by Gasteiger charge is 2.44. The Kier molecular flexibility index (Phi) is 2.67. The quantitative estimate of drug-likeness (QED) is 0.686. The fraction of sp³-hybridized carbons (Fsp3) is 0.400. The van der Waals surface area contributed by atoms with Crippen molar-refractivity contribution in [3.05, 3.63) is 23.0 Å². The molecule has 0 aromatic heterocycles. The molecule has 1 atom stereocenters. The topological polar surface area (TPSA) is 83.6 Å². The monoisotopic (exact) mass is 240 g/mol. The highest BCUT2D eigenvalue weighted by molar-refractivity contribution is 8.00. The zero-order chi connectivity index (χ0) is 11.9. The Labute approximate surface area is 97.0 Å². The van der Waals surface area contributed by atoms with E-state index in [1.54, 1.807) is 24.8 Å². The average Bonchev–Trinajstić information content (AvgIpc) is 2.17. The van der Waals surface area contributed by atoms with Crippen molar-refractivity contribution >= 4 is 23.6 Å². The van der Waals surface area contributed by atoms with Gasteiger partial charge in [-0.25, -0.2) is 4.79 Å². The third-order valence-corrected chi connectivity index (χ3v) is 3.73. The highest BCUT2D eigenvalue weighted by atomic mass is 32.2. The molecule has 1 amide bonds. The number of amides is 1. The SMILES string of the molecule is C/C(N)=C/C1=C(C(=O)O)N2C(=O)CC2SC1. The number of carboxylic acid groups (broad SMARTS) is 1. The molecule has 0 spiro atoms. The molecule has 1 saturated heterocycles. The van der Waals surface area contributed by atoms with E-state index in [-0.39, 0.29) is 17.0 Å². The molecule has 3 N–H and O–H groups in total. The van der Waals surface area contributed by atoms with Gasteiger partial charge in [0.25, 0.3) is 0 Å². The molecule has 0 saturated carbocycles. The predicted molar refractivity (Wildman–Crippen MR) is 60.3 cm³/mol. The maximum atomic E-state index is 11.4. The van der Waals surface area contributed by atoms with Crippen LogP contribution in [0.1, 0.15) is 13.3 Å². The van der Waals surface area contributed by atoms with E-state index in [0.29, 0.717) is 23.4 Å². The van der Waals surface area contributed by atoms with Gasteiger partial charge in [-0.2, -0.15) is 0 Å². The molecule has 2 heterocycles. The van der Waals surface area contributed by atoms with Crippen LogP contribution in [-0.2, 0) is 9.59 Å². The van der Waals surface area contributed by atoms with E-state index in [9.17, 15) is 9.59 Å². The number of β-lactam (4-membered cyclic amide) rings is 1. The van der Waals surface area contributed by atoms with E-state index >= 15 is 0 Å². The number of nitrogens with zero attached hydrogens (tertiary/aromatic N) is 1. The molecule has 0 radical (unpaired) electrons. The fourth-order valence-electron chi connectivity index (χ4n) is 1.82. The summed E-state index contributed by atoms with van der Waals surface area (Å²) in [5.41, 5.74) is 6.78. The summed E-state index contributed by atoms with van der Waals surface area (Å²) in [4.78, 5) is 23.9. The second kappa shape index (κ2) is 3.86. The second-order valence-electron chi connectivity index (χ2n) is 3.80. The number of hydrogen-bond acceptors (Lipinski definition) is 4. The van der Waals surface area contributed by atoms with Gasteiger partial charge in [0.2, 0.25) is 5.91 Å². The molecule has 1 fully saturated rings. The molecule has 6 heteroatoms. The van der Waals surface area contributed by atoms with E-state index < -0.39 is 5.97 Å². The van der Waals surface area contributed by atoms with Crippen molar-refractivity contribution in [3.8, 4) is 0 Å². The van der Waals surface area contributed by atoms with Crippen LogP contribution in [0.3, 0.4) is 0 Å². The van der Waals surface area contributed by atoms with Gasteiger partial charge < -0.3 is 10.8 Å². The Morgan fingerprint density at radius 2 is 2.38 bits per heavy atom. The van der Waals surface area contributed by atoms with Gasteiger partial charge in [0.15, 0.2) is 0 Å². The second-order valence-corrected chi connectivity index (χ2v) is 4.97. The largest absolute Gasteiger partial charge is 0.477 e. The normalized spacial score (nSPS) is 25.3. The van der Waals surface area contributed by atoms with Crippen LogP contribution in [0.15, 0.2) is 23.0 Å². The van der Waals surface area contributed by atoms with Crippen molar-refractivity contribution in [1.82, 2.24) is 4.90 Å². The van der Waals surface area contributed by atoms with Crippen molar-refractivity contribution < 1.29 is 14.7 Å². The van der Waals surface area contributed by atoms with E-state index in [1.807, 2.05) is 0 Å².